The van der Waals surface area contributed by atoms with Gasteiger partial charge >= 0.3 is 0 Å². The van der Waals surface area contributed by atoms with E-state index in [-0.39, 0.29) is 5.91 Å². The van der Waals surface area contributed by atoms with Crippen molar-refractivity contribution in [2.75, 3.05) is 0 Å². The number of primary amides is 1. The second kappa shape index (κ2) is 5.91. The second-order valence-electron chi connectivity index (χ2n) is 6.19. The van der Waals surface area contributed by atoms with Crippen LogP contribution in [0.4, 0.5) is 0 Å². The van der Waals surface area contributed by atoms with Crippen molar-refractivity contribution in [1.82, 2.24) is 9.88 Å². The number of benzene rings is 1. The normalized spacial score (nSPS) is 16.9. The Hall–Kier alpha value is -2.56. The van der Waals surface area contributed by atoms with Gasteiger partial charge in [-0.1, -0.05) is 31.0 Å². The molecular weight excluding hydrogens is 290 g/mol. The van der Waals surface area contributed by atoms with Gasteiger partial charge < -0.3 is 15.6 Å². The number of hydrogen-bond acceptors (Lipinski definition) is 2. The highest BCUT2D eigenvalue weighted by molar-refractivity contribution is 5.99. The number of nitrogens with two attached hydrogens (primary N) is 1. The number of nitrogens with one attached hydrogen (secondary N) is 1. The van der Waals surface area contributed by atoms with E-state index in [0.29, 0.717) is 12.8 Å². The fourth-order valence-electron chi connectivity index (χ4n) is 3.36. The molecule has 1 saturated carbocycles. The molecule has 0 aliphatic heterocycles. The number of nitrogens with zero attached hydrogens (tertiary/aromatic N) is 1. The number of aromatic nitrogens is 1. The third-order valence-corrected chi connectivity index (χ3v) is 4.63. The van der Waals surface area contributed by atoms with Gasteiger partial charge in [-0.3, -0.25) is 9.59 Å². The number of carbonyl (C=O) groups excluding carboxylic acids is 2. The zero-order valence-corrected chi connectivity index (χ0v) is 13.2. The Morgan fingerprint density at radius 2 is 1.96 bits per heavy atom. The molecule has 1 heterocycles. The van der Waals surface area contributed by atoms with Crippen LogP contribution in [0, 0.1) is 0 Å². The van der Waals surface area contributed by atoms with E-state index in [0.717, 1.165) is 29.3 Å². The molecule has 120 valence electrons. The first-order chi connectivity index (χ1) is 11.0. The molecule has 1 aromatic heterocycles. The van der Waals surface area contributed by atoms with Gasteiger partial charge in [0.05, 0.1) is 0 Å². The zero-order valence-electron chi connectivity index (χ0n) is 13.2. The van der Waals surface area contributed by atoms with Crippen molar-refractivity contribution in [3.63, 3.8) is 0 Å². The van der Waals surface area contributed by atoms with Crippen LogP contribution in [0.1, 0.15) is 31.2 Å². The Bertz CT molecular complexity index is 783. The van der Waals surface area contributed by atoms with Gasteiger partial charge in [0.2, 0.25) is 11.8 Å². The molecule has 1 aliphatic rings. The summed E-state index contributed by atoms with van der Waals surface area (Å²) in [6, 6.07) is 8.02. The molecule has 5 nitrogen and oxygen atoms in total. The highest BCUT2D eigenvalue weighted by atomic mass is 16.2. The van der Waals surface area contributed by atoms with Gasteiger partial charge in [0.15, 0.2) is 0 Å². The van der Waals surface area contributed by atoms with E-state index in [1.165, 1.54) is 6.08 Å². The van der Waals surface area contributed by atoms with Crippen LogP contribution in [0.25, 0.3) is 17.0 Å². The minimum absolute atomic E-state index is 0.279. The first-order valence-electron chi connectivity index (χ1n) is 7.86. The molecule has 0 bridgehead atoms. The molecule has 3 N–H and O–H groups in total. The number of carbonyl (C=O) groups is 2. The molecule has 0 radical (unpaired) electrons. The number of rotatable bonds is 4. The van der Waals surface area contributed by atoms with Crippen LogP contribution in [0.2, 0.25) is 0 Å². The Kier molecular flexibility index (Phi) is 3.94. The molecule has 0 saturated heterocycles. The number of para-hydroxylation sites is 1. The fourth-order valence-corrected chi connectivity index (χ4v) is 3.36. The van der Waals surface area contributed by atoms with Crippen LogP contribution in [-0.2, 0) is 16.6 Å². The molecule has 2 aromatic rings. The van der Waals surface area contributed by atoms with Crippen molar-refractivity contribution >= 4 is 28.8 Å². The first kappa shape index (κ1) is 15.3. The third kappa shape index (κ3) is 2.86. The second-order valence-corrected chi connectivity index (χ2v) is 6.19. The maximum atomic E-state index is 12.2. The number of aryl methyl sites for hydroxylation is 1. The van der Waals surface area contributed by atoms with Crippen LogP contribution < -0.4 is 11.1 Å². The van der Waals surface area contributed by atoms with Crippen molar-refractivity contribution in [2.24, 2.45) is 12.8 Å². The summed E-state index contributed by atoms with van der Waals surface area (Å²) in [5, 5.41) is 3.90. The molecular formula is C18H21N3O2. The highest BCUT2D eigenvalue weighted by Gasteiger charge is 2.40. The molecule has 1 fully saturated rings. The lowest BCUT2D eigenvalue weighted by Crippen LogP contribution is -2.55. The van der Waals surface area contributed by atoms with E-state index in [4.69, 9.17) is 5.73 Å². The third-order valence-electron chi connectivity index (χ3n) is 4.63. The largest absolute Gasteiger partial charge is 0.368 e. The molecule has 0 unspecified atom stereocenters. The Morgan fingerprint density at radius 3 is 2.65 bits per heavy atom. The molecule has 2 amide bonds. The van der Waals surface area contributed by atoms with Crippen molar-refractivity contribution in [3.8, 4) is 0 Å². The first-order valence-corrected chi connectivity index (χ1v) is 7.86. The number of amides is 2. The van der Waals surface area contributed by atoms with Gasteiger partial charge in [0.1, 0.15) is 5.54 Å². The van der Waals surface area contributed by atoms with Gasteiger partial charge in [-0.15, -0.1) is 0 Å². The Balaban J connectivity index is 1.79. The average molecular weight is 311 g/mol. The predicted molar refractivity (Wildman–Crippen MR) is 90.5 cm³/mol. The van der Waals surface area contributed by atoms with Crippen molar-refractivity contribution in [2.45, 2.75) is 31.2 Å². The van der Waals surface area contributed by atoms with E-state index >= 15 is 0 Å². The van der Waals surface area contributed by atoms with Crippen molar-refractivity contribution < 1.29 is 9.59 Å². The van der Waals surface area contributed by atoms with E-state index in [1.54, 1.807) is 6.08 Å². The summed E-state index contributed by atoms with van der Waals surface area (Å²) < 4.78 is 2.02. The van der Waals surface area contributed by atoms with E-state index in [9.17, 15) is 9.59 Å². The van der Waals surface area contributed by atoms with E-state index < -0.39 is 11.4 Å². The molecule has 1 aromatic carbocycles. The maximum absolute atomic E-state index is 12.2. The van der Waals surface area contributed by atoms with Crippen LogP contribution >= 0.6 is 0 Å². The van der Waals surface area contributed by atoms with Gasteiger partial charge in [-0.25, -0.2) is 0 Å². The van der Waals surface area contributed by atoms with Gasteiger partial charge in [0, 0.05) is 35.8 Å². The molecule has 0 atom stereocenters. The lowest BCUT2D eigenvalue weighted by Gasteiger charge is -2.25. The maximum Gasteiger partial charge on any atom is 0.244 e. The van der Waals surface area contributed by atoms with Gasteiger partial charge in [-0.2, -0.15) is 0 Å². The van der Waals surface area contributed by atoms with E-state index in [2.05, 4.69) is 5.32 Å². The summed E-state index contributed by atoms with van der Waals surface area (Å²) in [6.07, 6.45) is 8.30. The summed E-state index contributed by atoms with van der Waals surface area (Å²) in [4.78, 5) is 23.9. The summed E-state index contributed by atoms with van der Waals surface area (Å²) in [5.41, 5.74) is 6.69. The topological polar surface area (TPSA) is 77.1 Å². The highest BCUT2D eigenvalue weighted by Crippen LogP contribution is 2.29. The quantitative estimate of drug-likeness (QED) is 0.848. The Labute approximate surface area is 135 Å². The lowest BCUT2D eigenvalue weighted by molar-refractivity contribution is -0.129. The minimum Gasteiger partial charge on any atom is -0.368 e. The smallest absolute Gasteiger partial charge is 0.244 e. The molecule has 3 rings (SSSR count). The SMILES string of the molecule is Cn1cc(/C=C/C(=O)NC2(C(N)=O)CCCC2)c2ccccc21. The molecule has 0 spiro atoms. The average Bonchev–Trinajstić information content (AvgIpc) is 3.12. The number of fused-ring (bicyclic) bond motifs is 1. The van der Waals surface area contributed by atoms with Crippen LogP contribution in [0.15, 0.2) is 36.5 Å². The lowest BCUT2D eigenvalue weighted by atomic mass is 9.96. The van der Waals surface area contributed by atoms with Crippen LogP contribution in [-0.4, -0.2) is 21.9 Å². The molecule has 23 heavy (non-hydrogen) atoms. The monoisotopic (exact) mass is 311 g/mol. The number of hydrogen-bond donors (Lipinski definition) is 2. The standard InChI is InChI=1S/C18H21N3O2/c1-21-12-13(14-6-2-3-7-15(14)21)8-9-16(22)20-18(17(19)23)10-4-5-11-18/h2-3,6-9,12H,4-5,10-11H2,1H3,(H2,19,23)(H,20,22)/b9-8+. The summed E-state index contributed by atoms with van der Waals surface area (Å²) in [7, 11) is 1.97. The Morgan fingerprint density at radius 1 is 1.26 bits per heavy atom. The van der Waals surface area contributed by atoms with Crippen LogP contribution in [0.3, 0.4) is 0 Å². The van der Waals surface area contributed by atoms with Gasteiger partial charge in [-0.05, 0) is 25.0 Å². The van der Waals surface area contributed by atoms with Crippen LogP contribution in [0.5, 0.6) is 0 Å². The predicted octanol–water partition coefficient (Wildman–Crippen LogP) is 2.11. The van der Waals surface area contributed by atoms with Crippen molar-refractivity contribution in [1.29, 1.82) is 0 Å². The van der Waals surface area contributed by atoms with E-state index in [1.807, 2.05) is 42.1 Å². The minimum atomic E-state index is -0.875. The zero-order chi connectivity index (χ0) is 16.4. The summed E-state index contributed by atoms with van der Waals surface area (Å²) in [5.74, 6) is -0.722. The molecule has 5 heteroatoms. The molecule has 1 aliphatic carbocycles. The van der Waals surface area contributed by atoms with Crippen molar-refractivity contribution in [3.05, 3.63) is 42.1 Å². The summed E-state index contributed by atoms with van der Waals surface area (Å²) >= 11 is 0. The summed E-state index contributed by atoms with van der Waals surface area (Å²) in [6.45, 7) is 0. The fraction of sp³-hybridized carbons (Fsp3) is 0.333. The van der Waals surface area contributed by atoms with Gasteiger partial charge in [0.25, 0.3) is 0 Å².